The predicted octanol–water partition coefficient (Wildman–Crippen LogP) is 1.63. The van der Waals surface area contributed by atoms with Crippen LogP contribution in [0, 0.1) is 5.82 Å². The molecule has 3 N–H and O–H groups in total. The van der Waals surface area contributed by atoms with Crippen molar-refractivity contribution in [1.29, 1.82) is 0 Å². The standard InChI is InChI=1S/C17H17FN6O9P2/c1-23-21-16(20-22-23)15-5-2-10(7-19-15)13-4-3-11(6-14(13)18)24-8-12(32-17(24)25)9-31-35(29,30)33-34(26,27)28/h2-7,12H,8-9H2,1H3,(H,29,30)(H2,26,27,28). The van der Waals surface area contributed by atoms with E-state index in [0.717, 1.165) is 11.0 Å². The molecule has 186 valence electrons. The minimum absolute atomic E-state index is 0.144. The maximum absolute atomic E-state index is 14.9. The lowest BCUT2D eigenvalue weighted by Crippen LogP contribution is -2.25. The molecule has 0 spiro atoms. The SMILES string of the molecule is Cn1nnc(-c2ccc(-c3ccc(N4CC(COP(=O)(O)OP(=O)(O)O)OC4=O)cc3F)cn2)n1. The van der Waals surface area contributed by atoms with Crippen molar-refractivity contribution in [3.05, 3.63) is 42.3 Å². The summed E-state index contributed by atoms with van der Waals surface area (Å²) < 4.78 is 50.2. The van der Waals surface area contributed by atoms with Gasteiger partial charge in [-0.3, -0.25) is 14.4 Å². The van der Waals surface area contributed by atoms with E-state index in [-0.39, 0.29) is 17.8 Å². The number of phosphoric ester groups is 1. The number of carbonyl (C=O) groups is 1. The highest BCUT2D eigenvalue weighted by molar-refractivity contribution is 7.60. The fourth-order valence-corrected chi connectivity index (χ4v) is 4.75. The number of ether oxygens (including phenoxy) is 1. The maximum Gasteiger partial charge on any atom is 0.481 e. The van der Waals surface area contributed by atoms with E-state index >= 15 is 0 Å². The smallest absolute Gasteiger partial charge is 0.441 e. The number of carbonyl (C=O) groups excluding carboxylic acids is 1. The van der Waals surface area contributed by atoms with Gasteiger partial charge in [0.25, 0.3) is 0 Å². The van der Waals surface area contributed by atoms with Gasteiger partial charge in [-0.2, -0.15) is 9.11 Å². The molecule has 15 nitrogen and oxygen atoms in total. The zero-order valence-electron chi connectivity index (χ0n) is 17.7. The average Bonchev–Trinajstić information content (AvgIpc) is 3.36. The number of pyridine rings is 1. The van der Waals surface area contributed by atoms with E-state index in [4.69, 9.17) is 14.5 Å². The van der Waals surface area contributed by atoms with Crippen LogP contribution in [0.3, 0.4) is 0 Å². The largest absolute Gasteiger partial charge is 0.481 e. The van der Waals surface area contributed by atoms with Crippen molar-refractivity contribution in [3.63, 3.8) is 0 Å². The second-order valence-electron chi connectivity index (χ2n) is 7.15. The van der Waals surface area contributed by atoms with E-state index in [1.54, 1.807) is 19.2 Å². The van der Waals surface area contributed by atoms with E-state index in [0.29, 0.717) is 17.1 Å². The highest BCUT2D eigenvalue weighted by Gasteiger charge is 2.37. The Balaban J connectivity index is 1.43. The maximum atomic E-state index is 14.9. The number of halogens is 1. The number of anilines is 1. The van der Waals surface area contributed by atoms with E-state index in [1.165, 1.54) is 23.1 Å². The van der Waals surface area contributed by atoms with Crippen LogP contribution in [0.5, 0.6) is 0 Å². The molecule has 0 radical (unpaired) electrons. The third kappa shape index (κ3) is 6.13. The van der Waals surface area contributed by atoms with Crippen LogP contribution in [0.1, 0.15) is 0 Å². The summed E-state index contributed by atoms with van der Waals surface area (Å²) in [5, 5.41) is 11.6. The number of benzene rings is 1. The second-order valence-corrected chi connectivity index (χ2v) is 9.98. The molecular formula is C17H17FN6O9P2. The van der Waals surface area contributed by atoms with Crippen molar-refractivity contribution in [2.45, 2.75) is 6.10 Å². The number of phosphoric acid groups is 2. The monoisotopic (exact) mass is 530 g/mol. The Labute approximate surface area is 195 Å². The number of rotatable bonds is 8. The Kier molecular flexibility index (Phi) is 6.79. The van der Waals surface area contributed by atoms with Gasteiger partial charge in [0.2, 0.25) is 5.82 Å². The zero-order chi connectivity index (χ0) is 25.4. The molecule has 1 aliphatic rings. The first-order chi connectivity index (χ1) is 16.4. The first-order valence-electron chi connectivity index (χ1n) is 9.63. The molecule has 0 saturated carbocycles. The average molecular weight is 530 g/mol. The van der Waals surface area contributed by atoms with Gasteiger partial charge in [0, 0.05) is 17.3 Å². The molecule has 18 heteroatoms. The summed E-state index contributed by atoms with van der Waals surface area (Å²) in [5.74, 6) is -0.344. The Hall–Kier alpha value is -3.10. The summed E-state index contributed by atoms with van der Waals surface area (Å²) >= 11 is 0. The summed E-state index contributed by atoms with van der Waals surface area (Å²) in [5.41, 5.74) is 1.26. The fourth-order valence-electron chi connectivity index (χ4n) is 3.13. The van der Waals surface area contributed by atoms with Crippen LogP contribution in [0.25, 0.3) is 22.6 Å². The number of amides is 1. The van der Waals surface area contributed by atoms with Crippen molar-refractivity contribution in [3.8, 4) is 22.6 Å². The van der Waals surface area contributed by atoms with Crippen LogP contribution in [0.15, 0.2) is 36.5 Å². The van der Waals surface area contributed by atoms with Gasteiger partial charge in [-0.05, 0) is 29.5 Å². The summed E-state index contributed by atoms with van der Waals surface area (Å²) in [6.45, 7) is -0.885. The van der Waals surface area contributed by atoms with Crippen LogP contribution < -0.4 is 4.90 Å². The van der Waals surface area contributed by atoms with E-state index in [1.807, 2.05) is 0 Å². The fraction of sp³-hybridized carbons (Fsp3) is 0.235. The van der Waals surface area contributed by atoms with Gasteiger partial charge in [0.1, 0.15) is 17.6 Å². The Morgan fingerprint density at radius 2 is 2.00 bits per heavy atom. The molecule has 3 heterocycles. The molecule has 1 saturated heterocycles. The molecule has 2 aromatic heterocycles. The third-order valence-electron chi connectivity index (χ3n) is 4.58. The highest BCUT2D eigenvalue weighted by Crippen LogP contribution is 2.57. The number of tetrazole rings is 1. The number of aromatic nitrogens is 5. The van der Waals surface area contributed by atoms with E-state index in [2.05, 4.69) is 29.2 Å². The Bertz CT molecular complexity index is 1350. The van der Waals surface area contributed by atoms with Crippen molar-refractivity contribution in [2.75, 3.05) is 18.1 Å². The molecule has 1 fully saturated rings. The molecule has 4 rings (SSSR count). The molecule has 1 amide bonds. The lowest BCUT2D eigenvalue weighted by atomic mass is 10.1. The van der Waals surface area contributed by atoms with E-state index < -0.39 is 40.3 Å². The number of cyclic esters (lactones) is 1. The van der Waals surface area contributed by atoms with Gasteiger partial charge >= 0.3 is 21.7 Å². The van der Waals surface area contributed by atoms with Crippen molar-refractivity contribution in [2.24, 2.45) is 7.05 Å². The lowest BCUT2D eigenvalue weighted by Gasteiger charge is -2.15. The first-order valence-corrected chi connectivity index (χ1v) is 12.7. The summed E-state index contributed by atoms with van der Waals surface area (Å²) in [7, 11) is -8.78. The van der Waals surface area contributed by atoms with Gasteiger partial charge < -0.3 is 19.4 Å². The summed E-state index contributed by atoms with van der Waals surface area (Å²) in [4.78, 5) is 45.3. The topological polar surface area (TPSA) is 199 Å². The van der Waals surface area contributed by atoms with E-state index in [9.17, 15) is 23.2 Å². The number of hydrogen-bond donors (Lipinski definition) is 3. The third-order valence-corrected chi connectivity index (χ3v) is 6.74. The zero-order valence-corrected chi connectivity index (χ0v) is 19.5. The normalized spacial score (nSPS) is 17.9. The van der Waals surface area contributed by atoms with Crippen LogP contribution in [-0.4, -0.2) is 65.2 Å². The molecule has 35 heavy (non-hydrogen) atoms. The number of hydrogen-bond acceptors (Lipinski definition) is 10. The van der Waals surface area contributed by atoms with Crippen LogP contribution in [-0.2, 0) is 29.7 Å². The highest BCUT2D eigenvalue weighted by atomic mass is 31.3. The Morgan fingerprint density at radius 3 is 2.60 bits per heavy atom. The minimum Gasteiger partial charge on any atom is -0.441 e. The molecule has 1 aromatic carbocycles. The summed E-state index contributed by atoms with van der Waals surface area (Å²) in [6, 6.07) is 7.24. The second kappa shape index (κ2) is 9.51. The summed E-state index contributed by atoms with van der Waals surface area (Å²) in [6.07, 6.45) is -0.525. The van der Waals surface area contributed by atoms with Crippen LogP contribution in [0.4, 0.5) is 14.9 Å². The minimum atomic E-state index is -5.29. The van der Waals surface area contributed by atoms with Crippen molar-refractivity contribution >= 4 is 27.4 Å². The predicted molar refractivity (Wildman–Crippen MR) is 114 cm³/mol. The molecule has 2 unspecified atom stereocenters. The molecule has 0 bridgehead atoms. The van der Waals surface area contributed by atoms with Crippen molar-refractivity contribution < 1.29 is 46.6 Å². The van der Waals surface area contributed by atoms with Crippen LogP contribution >= 0.6 is 15.6 Å². The quantitative estimate of drug-likeness (QED) is 0.355. The molecule has 2 atom stereocenters. The first kappa shape index (κ1) is 25.0. The Morgan fingerprint density at radius 1 is 1.23 bits per heavy atom. The van der Waals surface area contributed by atoms with Gasteiger partial charge in [0.05, 0.1) is 25.9 Å². The van der Waals surface area contributed by atoms with Gasteiger partial charge in [-0.25, -0.2) is 18.3 Å². The molecule has 1 aliphatic heterocycles. The van der Waals surface area contributed by atoms with Crippen molar-refractivity contribution in [1.82, 2.24) is 25.2 Å². The van der Waals surface area contributed by atoms with Gasteiger partial charge in [-0.15, -0.1) is 10.2 Å². The molecule has 3 aromatic rings. The van der Waals surface area contributed by atoms with Crippen LogP contribution in [0.2, 0.25) is 0 Å². The van der Waals surface area contributed by atoms with Gasteiger partial charge in [0.15, 0.2) is 0 Å². The molecule has 0 aliphatic carbocycles. The number of aryl methyl sites for hydroxylation is 1. The number of nitrogens with zero attached hydrogens (tertiary/aromatic N) is 6. The lowest BCUT2D eigenvalue weighted by molar-refractivity contribution is 0.0865. The molecular weight excluding hydrogens is 513 g/mol. The van der Waals surface area contributed by atoms with Gasteiger partial charge in [-0.1, -0.05) is 6.07 Å².